The fraction of sp³-hybridized carbons (Fsp3) is 0.259. The summed E-state index contributed by atoms with van der Waals surface area (Å²) in [5, 5.41) is 2.96. The fourth-order valence-electron chi connectivity index (χ4n) is 4.34. The molecule has 1 saturated heterocycles. The van der Waals surface area contributed by atoms with Crippen LogP contribution in [0.5, 0.6) is 0 Å². The Morgan fingerprint density at radius 3 is 2.12 bits per heavy atom. The summed E-state index contributed by atoms with van der Waals surface area (Å²) in [4.78, 5) is 17.2. The van der Waals surface area contributed by atoms with Gasteiger partial charge in [-0.2, -0.15) is 0 Å². The predicted molar refractivity (Wildman–Crippen MR) is 125 cm³/mol. The first kappa shape index (κ1) is 21.9. The molecular weight excluding hydrogens is 403 g/mol. The lowest BCUT2D eigenvalue weighted by atomic mass is 9.81. The monoisotopic (exact) mass is 430 g/mol. The van der Waals surface area contributed by atoms with Crippen LogP contribution in [-0.4, -0.2) is 23.8 Å². The minimum Gasteiger partial charge on any atom is -0.366 e. The van der Waals surface area contributed by atoms with Crippen molar-refractivity contribution in [1.29, 1.82) is 0 Å². The molecule has 0 radical (unpaired) electrons. The normalized spacial score (nSPS) is 20.2. The van der Waals surface area contributed by atoms with E-state index in [2.05, 4.69) is 5.32 Å². The second kappa shape index (κ2) is 8.67. The number of carbonyl (C=O) groups excluding carboxylic acids is 1. The summed E-state index contributed by atoms with van der Waals surface area (Å²) in [6.45, 7) is 5.61. The lowest BCUT2D eigenvalue weighted by Crippen LogP contribution is -2.45. The lowest BCUT2D eigenvalue weighted by Gasteiger charge is -2.35. The van der Waals surface area contributed by atoms with E-state index in [0.717, 1.165) is 16.8 Å². The minimum atomic E-state index is -0.924. The fourth-order valence-corrected chi connectivity index (χ4v) is 4.34. The molecule has 1 unspecified atom stereocenters. The number of nitrogens with zero attached hydrogens (tertiary/aromatic N) is 1. The molecule has 32 heavy (non-hydrogen) atoms. The molecule has 0 spiro atoms. The van der Waals surface area contributed by atoms with E-state index in [-0.39, 0.29) is 18.3 Å². The third-order valence-corrected chi connectivity index (χ3v) is 5.67. The molecule has 0 aromatic heterocycles. The summed E-state index contributed by atoms with van der Waals surface area (Å²) in [5.41, 5.74) is 2.22. The average molecular weight is 431 g/mol. The SMILES string of the molecule is CC1(C)CC(C)(c2cc(N=C(c3ccccc3)c3ccccc3)ccc2F)NC(=O)CO1. The first-order valence-corrected chi connectivity index (χ1v) is 10.7. The quantitative estimate of drug-likeness (QED) is 0.554. The van der Waals surface area contributed by atoms with Crippen LogP contribution in [0.1, 0.15) is 43.9 Å². The van der Waals surface area contributed by atoms with Gasteiger partial charge in [0, 0.05) is 23.1 Å². The molecule has 1 heterocycles. The van der Waals surface area contributed by atoms with Crippen molar-refractivity contribution in [3.8, 4) is 0 Å². The molecule has 4 rings (SSSR count). The number of nitrogens with one attached hydrogen (secondary N) is 1. The zero-order valence-corrected chi connectivity index (χ0v) is 18.6. The van der Waals surface area contributed by atoms with Gasteiger partial charge in [-0.05, 0) is 39.0 Å². The molecular formula is C27H27FN2O2. The van der Waals surface area contributed by atoms with Gasteiger partial charge >= 0.3 is 0 Å². The van der Waals surface area contributed by atoms with Crippen LogP contribution in [0.15, 0.2) is 83.9 Å². The number of amides is 1. The van der Waals surface area contributed by atoms with Crippen LogP contribution in [0.4, 0.5) is 10.1 Å². The van der Waals surface area contributed by atoms with E-state index in [1.807, 2.05) is 81.4 Å². The first-order chi connectivity index (χ1) is 15.3. The molecule has 0 saturated carbocycles. The largest absolute Gasteiger partial charge is 0.366 e. The van der Waals surface area contributed by atoms with E-state index in [0.29, 0.717) is 17.7 Å². The van der Waals surface area contributed by atoms with Crippen LogP contribution in [-0.2, 0) is 15.1 Å². The van der Waals surface area contributed by atoms with E-state index in [9.17, 15) is 4.79 Å². The van der Waals surface area contributed by atoms with Gasteiger partial charge < -0.3 is 10.1 Å². The van der Waals surface area contributed by atoms with Gasteiger partial charge in [0.1, 0.15) is 12.4 Å². The molecule has 4 nitrogen and oxygen atoms in total. The topological polar surface area (TPSA) is 50.7 Å². The molecule has 1 fully saturated rings. The van der Waals surface area contributed by atoms with Crippen LogP contribution in [0.2, 0.25) is 0 Å². The Hall–Kier alpha value is -3.31. The summed E-state index contributed by atoms with van der Waals surface area (Å²) < 4.78 is 20.8. The van der Waals surface area contributed by atoms with Crippen LogP contribution in [0.25, 0.3) is 0 Å². The number of aliphatic imine (C=N–C) groups is 1. The Bertz CT molecular complexity index is 1100. The molecule has 1 aliphatic heterocycles. The summed E-state index contributed by atoms with van der Waals surface area (Å²) in [5.74, 6) is -0.647. The standard InChI is InChI=1S/C27H27FN2O2/c1-26(2)18-27(3,30-24(31)17-32-26)22-16-21(14-15-23(22)28)29-25(19-10-6-4-7-11-19)20-12-8-5-9-13-20/h4-16H,17-18H2,1-3H3,(H,30,31). The Morgan fingerprint density at radius 1 is 0.938 bits per heavy atom. The van der Waals surface area contributed by atoms with Crippen molar-refractivity contribution < 1.29 is 13.9 Å². The number of benzene rings is 3. The summed E-state index contributed by atoms with van der Waals surface area (Å²) >= 11 is 0. The molecule has 1 aliphatic rings. The van der Waals surface area contributed by atoms with E-state index < -0.39 is 11.1 Å². The molecule has 1 N–H and O–H groups in total. The summed E-state index contributed by atoms with van der Waals surface area (Å²) in [6, 6.07) is 24.6. The van der Waals surface area contributed by atoms with Crippen LogP contribution >= 0.6 is 0 Å². The van der Waals surface area contributed by atoms with E-state index >= 15 is 4.39 Å². The van der Waals surface area contributed by atoms with Gasteiger partial charge in [0.25, 0.3) is 0 Å². The zero-order valence-electron chi connectivity index (χ0n) is 18.6. The third kappa shape index (κ3) is 4.78. The van der Waals surface area contributed by atoms with Gasteiger partial charge in [-0.15, -0.1) is 0 Å². The number of hydrogen-bond acceptors (Lipinski definition) is 3. The highest BCUT2D eigenvalue weighted by Gasteiger charge is 2.40. The second-order valence-electron chi connectivity index (χ2n) is 8.96. The lowest BCUT2D eigenvalue weighted by molar-refractivity contribution is -0.128. The molecule has 164 valence electrons. The molecule has 3 aromatic rings. The van der Waals surface area contributed by atoms with Gasteiger partial charge in [0.15, 0.2) is 0 Å². The van der Waals surface area contributed by atoms with Crippen molar-refractivity contribution in [1.82, 2.24) is 5.32 Å². The van der Waals surface area contributed by atoms with Gasteiger partial charge in [-0.1, -0.05) is 60.7 Å². The Morgan fingerprint density at radius 2 is 1.53 bits per heavy atom. The smallest absolute Gasteiger partial charge is 0.246 e. The third-order valence-electron chi connectivity index (χ3n) is 5.67. The van der Waals surface area contributed by atoms with Crippen molar-refractivity contribution >= 4 is 17.3 Å². The molecule has 0 aliphatic carbocycles. The maximum Gasteiger partial charge on any atom is 0.246 e. The summed E-state index contributed by atoms with van der Waals surface area (Å²) in [6.07, 6.45) is 0.431. The molecule has 3 aromatic carbocycles. The van der Waals surface area contributed by atoms with Crippen molar-refractivity contribution in [2.75, 3.05) is 6.61 Å². The number of halogens is 1. The maximum atomic E-state index is 15.1. The van der Waals surface area contributed by atoms with Crippen LogP contribution < -0.4 is 5.32 Å². The van der Waals surface area contributed by atoms with Gasteiger partial charge in [-0.3, -0.25) is 4.79 Å². The highest BCUT2D eigenvalue weighted by Crippen LogP contribution is 2.37. The number of hydrogen-bond donors (Lipinski definition) is 1. The minimum absolute atomic E-state index is 0.0474. The molecule has 0 bridgehead atoms. The first-order valence-electron chi connectivity index (χ1n) is 10.7. The zero-order chi connectivity index (χ0) is 22.8. The number of ether oxygens (including phenoxy) is 1. The van der Waals surface area contributed by atoms with Crippen LogP contribution in [0, 0.1) is 5.82 Å². The van der Waals surface area contributed by atoms with E-state index in [1.165, 1.54) is 6.07 Å². The van der Waals surface area contributed by atoms with E-state index in [1.54, 1.807) is 12.1 Å². The molecule has 1 amide bonds. The Labute approximate surface area is 188 Å². The molecule has 1 atom stereocenters. The van der Waals surface area contributed by atoms with Crippen LogP contribution in [0.3, 0.4) is 0 Å². The Kier molecular flexibility index (Phi) is 5.94. The van der Waals surface area contributed by atoms with Crippen molar-refractivity contribution in [3.05, 3.63) is 101 Å². The van der Waals surface area contributed by atoms with Crippen molar-refractivity contribution in [2.45, 2.75) is 38.3 Å². The van der Waals surface area contributed by atoms with Gasteiger partial charge in [-0.25, -0.2) is 9.38 Å². The van der Waals surface area contributed by atoms with Crippen molar-refractivity contribution in [2.24, 2.45) is 4.99 Å². The Balaban J connectivity index is 1.82. The second-order valence-corrected chi connectivity index (χ2v) is 8.96. The summed E-state index contributed by atoms with van der Waals surface area (Å²) in [7, 11) is 0. The number of carbonyl (C=O) groups is 1. The molecule has 5 heteroatoms. The maximum absolute atomic E-state index is 15.1. The van der Waals surface area contributed by atoms with Gasteiger partial charge in [0.05, 0.1) is 22.5 Å². The highest BCUT2D eigenvalue weighted by atomic mass is 19.1. The van der Waals surface area contributed by atoms with E-state index in [4.69, 9.17) is 9.73 Å². The number of rotatable bonds is 4. The van der Waals surface area contributed by atoms with Gasteiger partial charge in [0.2, 0.25) is 5.91 Å². The predicted octanol–water partition coefficient (Wildman–Crippen LogP) is 5.53. The average Bonchev–Trinajstić information content (AvgIpc) is 2.88. The van der Waals surface area contributed by atoms with Crippen molar-refractivity contribution in [3.63, 3.8) is 0 Å². The highest BCUT2D eigenvalue weighted by molar-refractivity contribution is 6.13.